The maximum atomic E-state index is 12.8. The lowest BCUT2D eigenvalue weighted by atomic mass is 10.0. The predicted molar refractivity (Wildman–Crippen MR) is 81.3 cm³/mol. The normalized spacial score (nSPS) is 21.0. The Balaban J connectivity index is 1.56. The van der Waals surface area contributed by atoms with E-state index in [1.54, 1.807) is 12.5 Å². The molecule has 0 bridgehead atoms. The van der Waals surface area contributed by atoms with Crippen molar-refractivity contribution in [3.05, 3.63) is 42.4 Å². The summed E-state index contributed by atoms with van der Waals surface area (Å²) in [5, 5.41) is 5.49. The number of nitrogens with zero attached hydrogens (tertiary/aromatic N) is 3. The molecule has 1 aliphatic heterocycles. The highest BCUT2D eigenvalue weighted by Gasteiger charge is 2.26. The Kier molecular flexibility index (Phi) is 4.52. The number of carbonyl (C=O) groups excluding carboxylic acids is 1. The highest BCUT2D eigenvalue weighted by Crippen LogP contribution is 2.27. The van der Waals surface area contributed by atoms with Crippen LogP contribution in [-0.2, 0) is 11.8 Å². The van der Waals surface area contributed by atoms with E-state index < -0.39 is 5.82 Å². The van der Waals surface area contributed by atoms with Crippen molar-refractivity contribution < 1.29 is 13.9 Å². The number of urea groups is 1. The number of hydrogen-bond acceptors (Lipinski definition) is 4. The molecule has 0 spiro atoms. The minimum absolute atomic E-state index is 0.0101. The molecule has 2 amide bonds. The van der Waals surface area contributed by atoms with E-state index in [1.807, 2.05) is 11.6 Å². The van der Waals surface area contributed by atoms with Crippen LogP contribution in [0.25, 0.3) is 0 Å². The number of aromatic nitrogens is 3. The van der Waals surface area contributed by atoms with Crippen molar-refractivity contribution in [3.63, 3.8) is 0 Å². The summed E-state index contributed by atoms with van der Waals surface area (Å²) in [5.41, 5.74) is 0.983. The number of hydrogen-bond donors (Lipinski definition) is 2. The zero-order chi connectivity index (χ0) is 16.2. The van der Waals surface area contributed by atoms with E-state index in [-0.39, 0.29) is 18.2 Å². The van der Waals surface area contributed by atoms with Gasteiger partial charge in [0.05, 0.1) is 24.4 Å². The molecular weight excluding hydrogens is 301 g/mol. The summed E-state index contributed by atoms with van der Waals surface area (Å²) >= 11 is 0. The second kappa shape index (κ2) is 6.74. The number of halogens is 1. The predicted octanol–water partition coefficient (Wildman–Crippen LogP) is 2.00. The number of aryl methyl sites for hydroxylation is 1. The van der Waals surface area contributed by atoms with Gasteiger partial charge in [0.25, 0.3) is 0 Å². The van der Waals surface area contributed by atoms with Crippen molar-refractivity contribution in [1.82, 2.24) is 19.9 Å². The molecule has 1 fully saturated rings. The van der Waals surface area contributed by atoms with Crippen LogP contribution in [0.5, 0.6) is 0 Å². The van der Waals surface area contributed by atoms with Gasteiger partial charge in [0.15, 0.2) is 0 Å². The Morgan fingerprint density at radius 3 is 3.00 bits per heavy atom. The summed E-state index contributed by atoms with van der Waals surface area (Å²) in [6, 6.07) is 2.29. The summed E-state index contributed by atoms with van der Waals surface area (Å²) in [7, 11) is 1.91. The molecule has 0 radical (unpaired) electrons. The lowest BCUT2D eigenvalue weighted by molar-refractivity contribution is -0.00151. The molecular formula is C15H18FN5O2. The van der Waals surface area contributed by atoms with Gasteiger partial charge in [0, 0.05) is 19.7 Å². The van der Waals surface area contributed by atoms with Gasteiger partial charge in [-0.15, -0.1) is 0 Å². The molecule has 3 rings (SSSR count). The molecule has 122 valence electrons. The fourth-order valence-corrected chi connectivity index (χ4v) is 2.60. The second-order valence-electron chi connectivity index (χ2n) is 5.47. The average Bonchev–Trinajstić information content (AvgIpc) is 2.96. The lowest BCUT2D eigenvalue weighted by Crippen LogP contribution is -2.42. The first-order valence-corrected chi connectivity index (χ1v) is 7.38. The van der Waals surface area contributed by atoms with E-state index in [0.29, 0.717) is 18.8 Å². The first-order chi connectivity index (χ1) is 11.1. The first kappa shape index (κ1) is 15.4. The SMILES string of the molecule is Cn1cncc1[C@H]1C[C@H](NC(=O)Nc2ccc(F)cn2)CCO1. The summed E-state index contributed by atoms with van der Waals surface area (Å²) < 4.78 is 20.5. The van der Waals surface area contributed by atoms with Crippen molar-refractivity contribution in [3.8, 4) is 0 Å². The van der Waals surface area contributed by atoms with E-state index in [1.165, 1.54) is 12.1 Å². The van der Waals surface area contributed by atoms with Crippen LogP contribution < -0.4 is 10.6 Å². The molecule has 8 heteroatoms. The van der Waals surface area contributed by atoms with Crippen LogP contribution in [0.4, 0.5) is 15.0 Å². The molecule has 2 atom stereocenters. The van der Waals surface area contributed by atoms with Gasteiger partial charge in [-0.1, -0.05) is 0 Å². The fourth-order valence-electron chi connectivity index (χ4n) is 2.60. The third-order valence-electron chi connectivity index (χ3n) is 3.77. The topological polar surface area (TPSA) is 81.1 Å². The van der Waals surface area contributed by atoms with Gasteiger partial charge in [0.2, 0.25) is 0 Å². The van der Waals surface area contributed by atoms with Crippen molar-refractivity contribution in [1.29, 1.82) is 0 Å². The number of carbonyl (C=O) groups is 1. The second-order valence-corrected chi connectivity index (χ2v) is 5.47. The number of pyridine rings is 1. The molecule has 0 aromatic carbocycles. The molecule has 1 aliphatic rings. The van der Waals surface area contributed by atoms with Gasteiger partial charge >= 0.3 is 6.03 Å². The van der Waals surface area contributed by atoms with Crippen LogP contribution in [0, 0.1) is 5.82 Å². The minimum atomic E-state index is -0.445. The van der Waals surface area contributed by atoms with Gasteiger partial charge in [-0.2, -0.15) is 0 Å². The number of amides is 2. The Hall–Kier alpha value is -2.48. The average molecular weight is 319 g/mol. The van der Waals surface area contributed by atoms with E-state index in [4.69, 9.17) is 4.74 Å². The Bertz CT molecular complexity index is 673. The largest absolute Gasteiger partial charge is 0.372 e. The zero-order valence-corrected chi connectivity index (χ0v) is 12.7. The van der Waals surface area contributed by atoms with E-state index in [0.717, 1.165) is 18.3 Å². The van der Waals surface area contributed by atoms with Crippen LogP contribution in [0.1, 0.15) is 24.6 Å². The fraction of sp³-hybridized carbons (Fsp3) is 0.400. The van der Waals surface area contributed by atoms with Crippen molar-refractivity contribution in [2.24, 2.45) is 7.05 Å². The molecule has 0 unspecified atom stereocenters. The summed E-state index contributed by atoms with van der Waals surface area (Å²) in [5.74, 6) is -0.140. The highest BCUT2D eigenvalue weighted by atomic mass is 19.1. The van der Waals surface area contributed by atoms with Crippen molar-refractivity contribution in [2.45, 2.75) is 25.0 Å². The minimum Gasteiger partial charge on any atom is -0.372 e. The lowest BCUT2D eigenvalue weighted by Gasteiger charge is -2.30. The Labute approximate surface area is 132 Å². The number of imidazole rings is 1. The van der Waals surface area contributed by atoms with Crippen LogP contribution in [0.3, 0.4) is 0 Å². The maximum absolute atomic E-state index is 12.8. The van der Waals surface area contributed by atoms with Crippen molar-refractivity contribution >= 4 is 11.8 Å². The third-order valence-corrected chi connectivity index (χ3v) is 3.77. The molecule has 1 saturated heterocycles. The van der Waals surface area contributed by atoms with Crippen LogP contribution >= 0.6 is 0 Å². The van der Waals surface area contributed by atoms with Gasteiger partial charge in [-0.05, 0) is 25.0 Å². The molecule has 0 aliphatic carbocycles. The summed E-state index contributed by atoms with van der Waals surface area (Å²) in [6.45, 7) is 0.565. The monoisotopic (exact) mass is 319 g/mol. The number of rotatable bonds is 3. The Morgan fingerprint density at radius 1 is 1.43 bits per heavy atom. The maximum Gasteiger partial charge on any atom is 0.320 e. The summed E-state index contributed by atoms with van der Waals surface area (Å²) in [4.78, 5) is 19.9. The van der Waals surface area contributed by atoms with E-state index >= 15 is 0 Å². The van der Waals surface area contributed by atoms with Crippen LogP contribution in [0.15, 0.2) is 30.9 Å². The summed E-state index contributed by atoms with van der Waals surface area (Å²) in [6.07, 6.45) is 5.87. The van der Waals surface area contributed by atoms with Crippen LogP contribution in [0.2, 0.25) is 0 Å². The first-order valence-electron chi connectivity index (χ1n) is 7.38. The Morgan fingerprint density at radius 2 is 2.30 bits per heavy atom. The highest BCUT2D eigenvalue weighted by molar-refractivity contribution is 5.88. The molecule has 3 heterocycles. The van der Waals surface area contributed by atoms with Crippen LogP contribution in [-0.4, -0.2) is 33.2 Å². The van der Waals surface area contributed by atoms with E-state index in [2.05, 4.69) is 20.6 Å². The zero-order valence-electron chi connectivity index (χ0n) is 12.7. The molecule has 2 N–H and O–H groups in total. The number of nitrogens with one attached hydrogen (secondary N) is 2. The molecule has 2 aromatic rings. The standard InChI is InChI=1S/C15H18FN5O2/c1-21-9-17-8-12(21)13-6-11(4-5-23-13)19-15(22)20-14-3-2-10(16)7-18-14/h2-3,7-9,11,13H,4-6H2,1H3,(H2,18,19,20,22)/t11-,13-/m1/s1. The molecule has 7 nitrogen and oxygen atoms in total. The molecule has 2 aromatic heterocycles. The van der Waals surface area contributed by atoms with Crippen molar-refractivity contribution in [2.75, 3.05) is 11.9 Å². The smallest absolute Gasteiger partial charge is 0.320 e. The number of anilines is 1. The van der Waals surface area contributed by atoms with Gasteiger partial charge in [-0.25, -0.2) is 19.2 Å². The van der Waals surface area contributed by atoms with E-state index in [9.17, 15) is 9.18 Å². The molecule has 23 heavy (non-hydrogen) atoms. The quantitative estimate of drug-likeness (QED) is 0.906. The molecule has 0 saturated carbocycles. The number of ether oxygens (including phenoxy) is 1. The van der Waals surface area contributed by atoms with Gasteiger partial charge in [-0.3, -0.25) is 5.32 Å². The third kappa shape index (κ3) is 3.84. The van der Waals surface area contributed by atoms with Gasteiger partial charge in [0.1, 0.15) is 17.7 Å². The van der Waals surface area contributed by atoms with Gasteiger partial charge < -0.3 is 14.6 Å².